The second-order valence-corrected chi connectivity index (χ2v) is 8.06. The topological polar surface area (TPSA) is 104 Å². The van der Waals surface area contributed by atoms with Crippen molar-refractivity contribution in [2.24, 2.45) is 5.92 Å². The molecule has 2 aromatic heterocycles. The quantitative estimate of drug-likeness (QED) is 0.864. The van der Waals surface area contributed by atoms with Gasteiger partial charge in [0.15, 0.2) is 5.82 Å². The molecule has 1 unspecified atom stereocenters. The van der Waals surface area contributed by atoms with Crippen LogP contribution in [-0.2, 0) is 4.79 Å². The first-order chi connectivity index (χ1) is 13.4. The van der Waals surface area contributed by atoms with Crippen LogP contribution in [0.4, 0.5) is 11.5 Å². The fourth-order valence-corrected chi connectivity index (χ4v) is 4.82. The van der Waals surface area contributed by atoms with E-state index in [2.05, 4.69) is 21.9 Å². The molecule has 0 saturated heterocycles. The van der Waals surface area contributed by atoms with Gasteiger partial charge in [0.25, 0.3) is 11.9 Å². The molecular formula is C19H22N6O3. The summed E-state index contributed by atoms with van der Waals surface area (Å²) in [6, 6.07) is 0.288. The maximum atomic E-state index is 13.2. The minimum atomic E-state index is -1.05. The van der Waals surface area contributed by atoms with Crippen molar-refractivity contribution in [2.75, 3.05) is 16.8 Å². The Morgan fingerprint density at radius 3 is 2.61 bits per heavy atom. The highest BCUT2D eigenvalue weighted by Gasteiger charge is 2.66. The summed E-state index contributed by atoms with van der Waals surface area (Å²) in [4.78, 5) is 37.4. The molecule has 2 atom stereocenters. The molecule has 1 spiro atoms. The number of fused-ring (bicyclic) bond motifs is 1. The molecule has 28 heavy (non-hydrogen) atoms. The predicted octanol–water partition coefficient (Wildman–Crippen LogP) is 1.86. The van der Waals surface area contributed by atoms with Crippen molar-refractivity contribution in [1.29, 1.82) is 0 Å². The van der Waals surface area contributed by atoms with Gasteiger partial charge in [-0.05, 0) is 25.2 Å². The van der Waals surface area contributed by atoms with Crippen LogP contribution in [0.25, 0.3) is 5.95 Å². The largest absolute Gasteiger partial charge is 0.478 e. The van der Waals surface area contributed by atoms with Gasteiger partial charge in [0.2, 0.25) is 0 Å². The van der Waals surface area contributed by atoms with Crippen molar-refractivity contribution in [3.63, 3.8) is 0 Å². The molecule has 1 amide bonds. The molecule has 2 aliphatic carbocycles. The molecule has 146 valence electrons. The van der Waals surface area contributed by atoms with Crippen molar-refractivity contribution < 1.29 is 14.7 Å². The molecule has 5 rings (SSSR count). The van der Waals surface area contributed by atoms with E-state index in [4.69, 9.17) is 10.1 Å². The number of carbonyl (C=O) groups is 2. The van der Waals surface area contributed by atoms with Crippen LogP contribution in [0.1, 0.15) is 49.4 Å². The van der Waals surface area contributed by atoms with Gasteiger partial charge in [0.1, 0.15) is 11.2 Å². The number of nitrogens with zero attached hydrogens (tertiary/aromatic N) is 6. The van der Waals surface area contributed by atoms with Crippen LogP contribution in [0.3, 0.4) is 0 Å². The average Bonchev–Trinajstić information content (AvgIpc) is 3.11. The zero-order valence-electron chi connectivity index (χ0n) is 15.9. The minimum Gasteiger partial charge on any atom is -0.478 e. The smallest absolute Gasteiger partial charge is 0.338 e. The fraction of sp³-hybridized carbons (Fsp3) is 0.526. The second-order valence-electron chi connectivity index (χ2n) is 8.06. The summed E-state index contributed by atoms with van der Waals surface area (Å²) in [5.74, 6) is 0.394. The monoisotopic (exact) mass is 382 g/mol. The van der Waals surface area contributed by atoms with E-state index in [1.807, 2.05) is 0 Å². The van der Waals surface area contributed by atoms with Gasteiger partial charge >= 0.3 is 5.97 Å². The number of hydrogen-bond acceptors (Lipinski definition) is 6. The Labute approximate surface area is 162 Å². The second kappa shape index (κ2) is 5.76. The SMILES string of the molecule is C[C@@H]1CC12C(=O)N(C)c1cnc(-n3cc(C(=O)O)cn3)nc1N2C1CCCC1. The summed E-state index contributed by atoms with van der Waals surface area (Å²) < 4.78 is 1.37. The molecule has 9 nitrogen and oxygen atoms in total. The zero-order valence-corrected chi connectivity index (χ0v) is 15.9. The van der Waals surface area contributed by atoms with Crippen molar-refractivity contribution in [2.45, 2.75) is 50.6 Å². The van der Waals surface area contributed by atoms with E-state index in [1.54, 1.807) is 18.1 Å². The standard InChI is InChI=1S/C19H22N6O3/c1-11-7-19(11)17(28)23(2)14-9-20-18(24-10-12(8-21-24)16(26)27)22-15(14)25(19)13-5-3-4-6-13/h8-11,13H,3-7H2,1-2H3,(H,26,27)/t11-,19?/m1/s1. The van der Waals surface area contributed by atoms with Gasteiger partial charge in [-0.1, -0.05) is 19.8 Å². The lowest BCUT2D eigenvalue weighted by Gasteiger charge is -2.45. The Hall–Kier alpha value is -2.97. The normalized spacial score (nSPS) is 26.8. The van der Waals surface area contributed by atoms with Crippen molar-refractivity contribution >= 4 is 23.4 Å². The summed E-state index contributed by atoms with van der Waals surface area (Å²) in [6.45, 7) is 2.12. The van der Waals surface area contributed by atoms with Crippen molar-refractivity contribution in [1.82, 2.24) is 19.7 Å². The van der Waals surface area contributed by atoms with Gasteiger partial charge in [-0.3, -0.25) is 4.79 Å². The Morgan fingerprint density at radius 1 is 1.29 bits per heavy atom. The van der Waals surface area contributed by atoms with Gasteiger partial charge in [-0.2, -0.15) is 10.1 Å². The van der Waals surface area contributed by atoms with E-state index >= 15 is 0 Å². The molecule has 0 bridgehead atoms. The number of aromatic carboxylic acids is 1. The van der Waals surface area contributed by atoms with Gasteiger partial charge in [-0.15, -0.1) is 0 Å². The third-order valence-corrected chi connectivity index (χ3v) is 6.43. The highest BCUT2D eigenvalue weighted by molar-refractivity contribution is 6.09. The first-order valence-corrected chi connectivity index (χ1v) is 9.66. The molecule has 3 aliphatic rings. The highest BCUT2D eigenvalue weighted by Crippen LogP contribution is 2.57. The summed E-state index contributed by atoms with van der Waals surface area (Å²) >= 11 is 0. The van der Waals surface area contributed by atoms with E-state index in [0.29, 0.717) is 11.6 Å². The molecule has 0 radical (unpaired) electrons. The van der Waals surface area contributed by atoms with Gasteiger partial charge in [0, 0.05) is 19.3 Å². The Bertz CT molecular complexity index is 982. The van der Waals surface area contributed by atoms with E-state index < -0.39 is 11.5 Å². The van der Waals surface area contributed by atoms with E-state index in [0.717, 1.165) is 37.9 Å². The lowest BCUT2D eigenvalue weighted by Crippen LogP contribution is -2.59. The number of rotatable bonds is 3. The number of anilines is 2. The molecule has 9 heteroatoms. The Morgan fingerprint density at radius 2 is 2.00 bits per heavy atom. The third kappa shape index (κ3) is 2.22. The number of likely N-dealkylation sites (N-methyl/N-ethyl adjacent to an activating group) is 1. The zero-order chi connectivity index (χ0) is 19.6. The minimum absolute atomic E-state index is 0.0774. The number of carboxylic acid groups (broad SMARTS) is 1. The van der Waals surface area contributed by atoms with Crippen molar-refractivity contribution in [3.05, 3.63) is 24.2 Å². The molecule has 1 aliphatic heterocycles. The predicted molar refractivity (Wildman–Crippen MR) is 101 cm³/mol. The van der Waals surface area contributed by atoms with Crippen LogP contribution >= 0.6 is 0 Å². The van der Waals surface area contributed by atoms with Crippen LogP contribution < -0.4 is 9.80 Å². The summed E-state index contributed by atoms with van der Waals surface area (Å²) in [5, 5.41) is 13.2. The van der Waals surface area contributed by atoms with Crippen LogP contribution in [0.5, 0.6) is 0 Å². The number of hydrogen-bond donors (Lipinski definition) is 1. The Balaban J connectivity index is 1.64. The molecule has 0 aromatic carbocycles. The molecule has 2 fully saturated rings. The molecule has 1 N–H and O–H groups in total. The maximum Gasteiger partial charge on any atom is 0.338 e. The van der Waals surface area contributed by atoms with Gasteiger partial charge in [0.05, 0.1) is 18.0 Å². The van der Waals surface area contributed by atoms with Gasteiger partial charge < -0.3 is 14.9 Å². The average molecular weight is 382 g/mol. The first-order valence-electron chi connectivity index (χ1n) is 9.66. The number of carboxylic acids is 1. The molecule has 2 aromatic rings. The van der Waals surface area contributed by atoms with Crippen molar-refractivity contribution in [3.8, 4) is 5.95 Å². The third-order valence-electron chi connectivity index (χ3n) is 6.43. The van der Waals surface area contributed by atoms with Crippen LogP contribution in [0.2, 0.25) is 0 Å². The summed E-state index contributed by atoms with van der Waals surface area (Å²) in [7, 11) is 1.78. The van der Waals surface area contributed by atoms with Crippen LogP contribution in [-0.4, -0.2) is 55.4 Å². The molecule has 3 heterocycles. The summed E-state index contributed by atoms with van der Waals surface area (Å²) in [5.41, 5.74) is 0.253. The number of amides is 1. The van der Waals surface area contributed by atoms with E-state index in [-0.39, 0.29) is 23.4 Å². The highest BCUT2D eigenvalue weighted by atomic mass is 16.4. The Kier molecular flexibility index (Phi) is 3.53. The maximum absolute atomic E-state index is 13.2. The van der Waals surface area contributed by atoms with Gasteiger partial charge in [-0.25, -0.2) is 14.5 Å². The summed E-state index contributed by atoms with van der Waals surface area (Å²) in [6.07, 6.45) is 9.56. The molecule has 2 saturated carbocycles. The first kappa shape index (κ1) is 17.2. The number of aromatic nitrogens is 4. The molecular weight excluding hydrogens is 360 g/mol. The lowest BCUT2D eigenvalue weighted by molar-refractivity contribution is -0.121. The fourth-order valence-electron chi connectivity index (χ4n) is 4.82. The lowest BCUT2D eigenvalue weighted by atomic mass is 10.0. The van der Waals surface area contributed by atoms with E-state index in [9.17, 15) is 9.59 Å². The van der Waals surface area contributed by atoms with Crippen LogP contribution in [0.15, 0.2) is 18.6 Å². The van der Waals surface area contributed by atoms with E-state index in [1.165, 1.54) is 17.1 Å². The number of carbonyl (C=O) groups excluding carboxylic acids is 1. The van der Waals surface area contributed by atoms with Crippen LogP contribution in [0, 0.1) is 5.92 Å².